The topological polar surface area (TPSA) is 0 Å². The Morgan fingerprint density at radius 2 is 1.00 bits per heavy atom. The van der Waals surface area contributed by atoms with Crippen molar-refractivity contribution < 1.29 is 34.1 Å². The van der Waals surface area contributed by atoms with Crippen LogP contribution in [0.1, 0.15) is 20.8 Å². The number of hydrogen-bond donors (Lipinski definition) is 0. The second-order valence-electron chi connectivity index (χ2n) is 1.50. The van der Waals surface area contributed by atoms with E-state index >= 15 is 0 Å². The SMILES string of the molecule is C[C](C)C.[Br-].[Mn]. The van der Waals surface area contributed by atoms with Crippen LogP contribution in [-0.4, -0.2) is 0 Å². The molecule has 0 nitrogen and oxygen atoms in total. The van der Waals surface area contributed by atoms with Gasteiger partial charge in [0, 0.05) is 17.1 Å². The Balaban J connectivity index is -0.0000000450. The Labute approximate surface area is 60.9 Å². The van der Waals surface area contributed by atoms with E-state index in [1.54, 1.807) is 0 Å². The third-order valence-electron chi connectivity index (χ3n) is 0. The fourth-order valence-corrected chi connectivity index (χ4v) is 0. The van der Waals surface area contributed by atoms with E-state index < -0.39 is 0 Å². The van der Waals surface area contributed by atoms with Crippen LogP contribution in [0, 0.1) is 5.92 Å². The molecule has 0 aromatic rings. The van der Waals surface area contributed by atoms with Crippen molar-refractivity contribution in [1.29, 1.82) is 0 Å². The van der Waals surface area contributed by atoms with Crippen LogP contribution in [0.4, 0.5) is 0 Å². The average molecular weight is 192 g/mol. The van der Waals surface area contributed by atoms with Gasteiger partial charge in [0.25, 0.3) is 0 Å². The minimum absolute atomic E-state index is 0. The molecule has 2 radical (unpaired) electrons. The quantitative estimate of drug-likeness (QED) is 0.415. The van der Waals surface area contributed by atoms with E-state index in [2.05, 4.69) is 20.8 Å². The predicted octanol–water partition coefficient (Wildman–Crippen LogP) is -1.38. The smallest absolute Gasteiger partial charge is 0 e. The Morgan fingerprint density at radius 3 is 1.00 bits per heavy atom. The molecule has 0 aromatic heterocycles. The second kappa shape index (κ2) is 9.37. The molecule has 0 aliphatic heterocycles. The largest absolute Gasteiger partial charge is 1.00 e. The minimum atomic E-state index is 0. The molecule has 0 atom stereocenters. The van der Waals surface area contributed by atoms with E-state index in [1.807, 2.05) is 0 Å². The monoisotopic (exact) mass is 191 g/mol. The first-order chi connectivity index (χ1) is 1.73. The summed E-state index contributed by atoms with van der Waals surface area (Å²) < 4.78 is 0. The fourth-order valence-electron chi connectivity index (χ4n) is 0. The maximum absolute atomic E-state index is 2.08. The van der Waals surface area contributed by atoms with E-state index in [9.17, 15) is 0 Å². The van der Waals surface area contributed by atoms with Crippen molar-refractivity contribution in [3.05, 3.63) is 5.92 Å². The molecule has 0 amide bonds. The molecule has 0 saturated carbocycles. The molecule has 0 heterocycles. The Hall–Kier alpha value is 0.999. The summed E-state index contributed by atoms with van der Waals surface area (Å²) in [6.45, 7) is 6.25. The van der Waals surface area contributed by atoms with Crippen molar-refractivity contribution in [3.63, 3.8) is 0 Å². The summed E-state index contributed by atoms with van der Waals surface area (Å²) in [4.78, 5) is 0. The van der Waals surface area contributed by atoms with E-state index in [0.29, 0.717) is 0 Å². The van der Waals surface area contributed by atoms with Crippen molar-refractivity contribution >= 4 is 0 Å². The predicted molar refractivity (Wildman–Crippen MR) is 20.3 cm³/mol. The van der Waals surface area contributed by atoms with Gasteiger partial charge in [-0.3, -0.25) is 0 Å². The molecule has 6 heavy (non-hydrogen) atoms. The zero-order valence-corrected chi connectivity index (χ0v) is 7.02. The second-order valence-corrected chi connectivity index (χ2v) is 1.50. The summed E-state index contributed by atoms with van der Waals surface area (Å²) >= 11 is 0. The Bertz CT molecular complexity index is 12.3. The molecule has 0 bridgehead atoms. The van der Waals surface area contributed by atoms with E-state index in [-0.39, 0.29) is 34.1 Å². The first kappa shape index (κ1) is 15.8. The fraction of sp³-hybridized carbons (Fsp3) is 0.750. The third kappa shape index (κ3) is 80.1. The maximum Gasteiger partial charge on any atom is 0 e. The average Bonchev–Trinajstić information content (AvgIpc) is 0.811. The van der Waals surface area contributed by atoms with Crippen molar-refractivity contribution in [2.45, 2.75) is 20.8 Å². The van der Waals surface area contributed by atoms with Crippen LogP contribution in [0.5, 0.6) is 0 Å². The number of halogens is 1. The van der Waals surface area contributed by atoms with E-state index in [4.69, 9.17) is 0 Å². The molecule has 0 spiro atoms. The van der Waals surface area contributed by atoms with Crippen LogP contribution in [0.2, 0.25) is 0 Å². The molecule has 0 aliphatic rings. The van der Waals surface area contributed by atoms with Gasteiger partial charge in [-0.05, 0) is 5.92 Å². The molecule has 0 N–H and O–H groups in total. The molecule has 0 saturated heterocycles. The van der Waals surface area contributed by atoms with E-state index in [0.717, 1.165) is 0 Å². The van der Waals surface area contributed by atoms with Gasteiger partial charge in [-0.2, -0.15) is 0 Å². The summed E-state index contributed by atoms with van der Waals surface area (Å²) in [7, 11) is 0. The molecular formula is C4H9BrMn-. The van der Waals surface area contributed by atoms with Crippen LogP contribution >= 0.6 is 0 Å². The van der Waals surface area contributed by atoms with Crippen molar-refractivity contribution in [2.75, 3.05) is 0 Å². The van der Waals surface area contributed by atoms with Crippen LogP contribution < -0.4 is 17.0 Å². The minimum Gasteiger partial charge on any atom is -1.00 e. The van der Waals surface area contributed by atoms with E-state index in [1.165, 1.54) is 5.92 Å². The standard InChI is InChI=1S/C4H9.BrH.Mn/c1-4(2)3;;/h1-3H3;1H;/p-1. The number of hydrogen-bond acceptors (Lipinski definition) is 0. The van der Waals surface area contributed by atoms with Gasteiger partial charge in [0.05, 0.1) is 0 Å². The summed E-state index contributed by atoms with van der Waals surface area (Å²) in [5.41, 5.74) is 0. The first-order valence-electron chi connectivity index (χ1n) is 1.50. The summed E-state index contributed by atoms with van der Waals surface area (Å²) in [5.74, 6) is 1.42. The molecule has 2 heteroatoms. The Morgan fingerprint density at radius 1 is 1.00 bits per heavy atom. The number of rotatable bonds is 0. The summed E-state index contributed by atoms with van der Waals surface area (Å²) in [6.07, 6.45) is 0. The van der Waals surface area contributed by atoms with Crippen molar-refractivity contribution in [2.24, 2.45) is 0 Å². The van der Waals surface area contributed by atoms with Gasteiger partial charge in [0.2, 0.25) is 0 Å². The molecule has 40 valence electrons. The first-order valence-corrected chi connectivity index (χ1v) is 1.50. The van der Waals surface area contributed by atoms with Crippen LogP contribution in [0.3, 0.4) is 0 Å². The molecule has 0 aliphatic carbocycles. The van der Waals surface area contributed by atoms with Gasteiger partial charge in [0.15, 0.2) is 0 Å². The van der Waals surface area contributed by atoms with Gasteiger partial charge in [0.1, 0.15) is 0 Å². The van der Waals surface area contributed by atoms with Crippen LogP contribution in [0.15, 0.2) is 0 Å². The van der Waals surface area contributed by atoms with Crippen molar-refractivity contribution in [1.82, 2.24) is 0 Å². The zero-order chi connectivity index (χ0) is 3.58. The molecule has 0 unspecified atom stereocenters. The molecule has 0 fully saturated rings. The van der Waals surface area contributed by atoms with Gasteiger partial charge in [-0.25, -0.2) is 0 Å². The Kier molecular flexibility index (Phi) is 24.6. The van der Waals surface area contributed by atoms with Crippen molar-refractivity contribution in [3.8, 4) is 0 Å². The van der Waals surface area contributed by atoms with Gasteiger partial charge in [-0.15, -0.1) is 0 Å². The molecule has 0 aromatic carbocycles. The summed E-state index contributed by atoms with van der Waals surface area (Å²) in [6, 6.07) is 0. The third-order valence-corrected chi connectivity index (χ3v) is 0. The molecule has 0 rings (SSSR count). The van der Waals surface area contributed by atoms with Gasteiger partial charge >= 0.3 is 0 Å². The maximum atomic E-state index is 2.08. The summed E-state index contributed by atoms with van der Waals surface area (Å²) in [5, 5.41) is 0. The molecular weight excluding hydrogens is 183 g/mol. The normalized spacial score (nSPS) is 6.00. The van der Waals surface area contributed by atoms with Crippen LogP contribution in [0.25, 0.3) is 0 Å². The van der Waals surface area contributed by atoms with Gasteiger partial charge < -0.3 is 17.0 Å². The van der Waals surface area contributed by atoms with Crippen LogP contribution in [-0.2, 0) is 17.1 Å². The zero-order valence-electron chi connectivity index (χ0n) is 4.26. The van der Waals surface area contributed by atoms with Gasteiger partial charge in [-0.1, -0.05) is 20.8 Å².